The number of amides is 1. The number of nitriles is 1. The van der Waals surface area contributed by atoms with Crippen LogP contribution in [0.5, 0.6) is 5.75 Å². The third-order valence-corrected chi connectivity index (χ3v) is 3.55. The summed E-state index contributed by atoms with van der Waals surface area (Å²) in [6.45, 7) is 1.42. The molecule has 0 heterocycles. The Bertz CT molecular complexity index is 831. The van der Waals surface area contributed by atoms with Gasteiger partial charge < -0.3 is 10.1 Å². The van der Waals surface area contributed by atoms with Crippen molar-refractivity contribution < 1.29 is 22.7 Å². The van der Waals surface area contributed by atoms with Gasteiger partial charge in [-0.2, -0.15) is 18.4 Å². The Kier molecular flexibility index (Phi) is 5.55. The zero-order valence-corrected chi connectivity index (χ0v) is 13.7. The van der Waals surface area contributed by atoms with E-state index in [0.29, 0.717) is 0 Å². The zero-order valence-electron chi connectivity index (χ0n) is 12.9. The smallest absolute Gasteiger partial charge is 0.417 e. The third-order valence-electron chi connectivity index (χ3n) is 3.22. The van der Waals surface area contributed by atoms with Gasteiger partial charge in [0.1, 0.15) is 11.8 Å². The summed E-state index contributed by atoms with van der Waals surface area (Å²) >= 11 is 5.53. The van der Waals surface area contributed by atoms with Crippen molar-refractivity contribution in [1.82, 2.24) is 0 Å². The van der Waals surface area contributed by atoms with E-state index in [4.69, 9.17) is 21.6 Å². The lowest BCUT2D eigenvalue weighted by Gasteiger charge is -2.16. The van der Waals surface area contributed by atoms with Crippen LogP contribution in [-0.4, -0.2) is 12.0 Å². The largest absolute Gasteiger partial charge is 0.480 e. The van der Waals surface area contributed by atoms with Gasteiger partial charge in [0.25, 0.3) is 5.91 Å². The number of benzene rings is 2. The molecule has 0 aliphatic carbocycles. The molecule has 0 fully saturated rings. The Balaban J connectivity index is 2.13. The van der Waals surface area contributed by atoms with Crippen LogP contribution in [0.25, 0.3) is 0 Å². The van der Waals surface area contributed by atoms with Crippen LogP contribution in [0.2, 0.25) is 5.02 Å². The molecule has 0 aromatic heterocycles. The van der Waals surface area contributed by atoms with E-state index >= 15 is 0 Å². The number of hydrogen-bond acceptors (Lipinski definition) is 3. The monoisotopic (exact) mass is 368 g/mol. The topological polar surface area (TPSA) is 62.1 Å². The second kappa shape index (κ2) is 7.45. The molecule has 0 saturated carbocycles. The fourth-order valence-corrected chi connectivity index (χ4v) is 2.19. The number of para-hydroxylation sites is 1. The van der Waals surface area contributed by atoms with Gasteiger partial charge in [-0.3, -0.25) is 4.79 Å². The number of carbonyl (C=O) groups excluding carboxylic acids is 1. The Morgan fingerprint density at radius 3 is 2.60 bits per heavy atom. The lowest BCUT2D eigenvalue weighted by Crippen LogP contribution is -2.30. The SMILES string of the molecule is C[C@H](Oc1ccccc1C#N)C(=O)Nc1ccc(Cl)c(C(F)(F)F)c1. The molecule has 8 heteroatoms. The number of halogens is 4. The standard InChI is InChI=1S/C17H12ClF3N2O2/c1-10(25-15-5-3-2-4-11(15)9-22)16(24)23-12-6-7-14(18)13(8-12)17(19,20)21/h2-8,10H,1H3,(H,23,24)/t10-/m0/s1. The molecule has 2 rings (SSSR count). The number of ether oxygens (including phenoxy) is 1. The Morgan fingerprint density at radius 1 is 1.28 bits per heavy atom. The first kappa shape index (κ1) is 18.6. The molecule has 1 atom stereocenters. The number of anilines is 1. The average molecular weight is 369 g/mol. The molecule has 0 aliphatic rings. The maximum absolute atomic E-state index is 12.8. The zero-order chi connectivity index (χ0) is 18.6. The number of rotatable bonds is 4. The van der Waals surface area contributed by atoms with E-state index in [1.165, 1.54) is 25.1 Å². The van der Waals surface area contributed by atoms with Crippen LogP contribution >= 0.6 is 11.6 Å². The van der Waals surface area contributed by atoms with Crippen LogP contribution in [0.1, 0.15) is 18.1 Å². The van der Waals surface area contributed by atoms with Crippen molar-refractivity contribution in [2.24, 2.45) is 0 Å². The van der Waals surface area contributed by atoms with Gasteiger partial charge in [-0.25, -0.2) is 0 Å². The number of carbonyl (C=O) groups is 1. The fourth-order valence-electron chi connectivity index (χ4n) is 1.97. The van der Waals surface area contributed by atoms with Crippen molar-refractivity contribution >= 4 is 23.2 Å². The normalized spacial score (nSPS) is 12.2. The van der Waals surface area contributed by atoms with E-state index in [2.05, 4.69) is 5.32 Å². The van der Waals surface area contributed by atoms with Gasteiger partial charge in [-0.15, -0.1) is 0 Å². The molecule has 1 amide bonds. The van der Waals surface area contributed by atoms with Crippen LogP contribution in [0.3, 0.4) is 0 Å². The first-order chi connectivity index (χ1) is 11.7. The molecule has 2 aromatic carbocycles. The highest BCUT2D eigenvalue weighted by atomic mass is 35.5. The van der Waals surface area contributed by atoms with Gasteiger partial charge in [0.05, 0.1) is 16.1 Å². The van der Waals surface area contributed by atoms with E-state index in [1.807, 2.05) is 6.07 Å². The van der Waals surface area contributed by atoms with Crippen molar-refractivity contribution in [3.05, 3.63) is 58.6 Å². The van der Waals surface area contributed by atoms with Gasteiger partial charge >= 0.3 is 6.18 Å². The van der Waals surface area contributed by atoms with Crippen molar-refractivity contribution in [3.63, 3.8) is 0 Å². The molecule has 0 unspecified atom stereocenters. The summed E-state index contributed by atoms with van der Waals surface area (Å²) in [4.78, 5) is 12.1. The highest BCUT2D eigenvalue weighted by Gasteiger charge is 2.33. The summed E-state index contributed by atoms with van der Waals surface area (Å²) in [7, 11) is 0. The summed E-state index contributed by atoms with van der Waals surface area (Å²) < 4.78 is 43.9. The van der Waals surface area contributed by atoms with E-state index in [9.17, 15) is 18.0 Å². The second-order valence-corrected chi connectivity index (χ2v) is 5.46. The van der Waals surface area contributed by atoms with Crippen molar-refractivity contribution in [2.75, 3.05) is 5.32 Å². The van der Waals surface area contributed by atoms with Crippen molar-refractivity contribution in [1.29, 1.82) is 5.26 Å². The Morgan fingerprint density at radius 2 is 1.96 bits per heavy atom. The maximum atomic E-state index is 12.8. The molecule has 0 aliphatic heterocycles. The third kappa shape index (κ3) is 4.64. The van der Waals surface area contributed by atoms with Crippen LogP contribution < -0.4 is 10.1 Å². The molecule has 0 saturated heterocycles. The summed E-state index contributed by atoms with van der Waals surface area (Å²) in [6.07, 6.45) is -5.66. The van der Waals surface area contributed by atoms with Crippen molar-refractivity contribution in [3.8, 4) is 11.8 Å². The van der Waals surface area contributed by atoms with Gasteiger partial charge in [-0.05, 0) is 37.3 Å². The molecule has 25 heavy (non-hydrogen) atoms. The second-order valence-electron chi connectivity index (χ2n) is 5.05. The Hall–Kier alpha value is -2.72. The van der Waals surface area contributed by atoms with Crippen LogP contribution in [0, 0.1) is 11.3 Å². The van der Waals surface area contributed by atoms with Crippen LogP contribution in [0.4, 0.5) is 18.9 Å². The minimum Gasteiger partial charge on any atom is -0.480 e. The highest BCUT2D eigenvalue weighted by Crippen LogP contribution is 2.36. The molecule has 0 radical (unpaired) electrons. The summed E-state index contributed by atoms with van der Waals surface area (Å²) in [5, 5.41) is 10.9. The predicted molar refractivity (Wildman–Crippen MR) is 86.3 cm³/mol. The van der Waals surface area contributed by atoms with E-state index < -0.39 is 28.8 Å². The average Bonchev–Trinajstić information content (AvgIpc) is 2.56. The molecule has 2 aromatic rings. The number of hydrogen-bond donors (Lipinski definition) is 1. The maximum Gasteiger partial charge on any atom is 0.417 e. The minimum atomic E-state index is -4.63. The van der Waals surface area contributed by atoms with E-state index in [1.54, 1.807) is 12.1 Å². The lowest BCUT2D eigenvalue weighted by atomic mass is 10.2. The van der Waals surface area contributed by atoms with Crippen LogP contribution in [0.15, 0.2) is 42.5 Å². The summed E-state index contributed by atoms with van der Waals surface area (Å²) in [5.41, 5.74) is -0.867. The first-order valence-electron chi connectivity index (χ1n) is 7.05. The minimum absolute atomic E-state index is 0.0641. The van der Waals surface area contributed by atoms with E-state index in [0.717, 1.165) is 12.1 Å². The molecule has 1 N–H and O–H groups in total. The van der Waals surface area contributed by atoms with E-state index in [-0.39, 0.29) is 17.0 Å². The molecule has 4 nitrogen and oxygen atoms in total. The highest BCUT2D eigenvalue weighted by molar-refractivity contribution is 6.31. The Labute approximate surface area is 146 Å². The molecule has 130 valence electrons. The first-order valence-corrected chi connectivity index (χ1v) is 7.43. The summed E-state index contributed by atoms with van der Waals surface area (Å²) in [6, 6.07) is 11.3. The summed E-state index contributed by atoms with van der Waals surface area (Å²) in [5.74, 6) is -0.456. The number of nitrogens with one attached hydrogen (secondary N) is 1. The van der Waals surface area contributed by atoms with Gasteiger partial charge in [-0.1, -0.05) is 23.7 Å². The van der Waals surface area contributed by atoms with Gasteiger partial charge in [0, 0.05) is 5.69 Å². The number of alkyl halides is 3. The van der Waals surface area contributed by atoms with Gasteiger partial charge in [0.15, 0.2) is 6.10 Å². The quantitative estimate of drug-likeness (QED) is 0.855. The fraction of sp³-hybridized carbons (Fsp3) is 0.176. The van der Waals surface area contributed by atoms with Crippen molar-refractivity contribution in [2.45, 2.75) is 19.2 Å². The molecule has 0 spiro atoms. The van der Waals surface area contributed by atoms with Crippen LogP contribution in [-0.2, 0) is 11.0 Å². The van der Waals surface area contributed by atoms with Gasteiger partial charge in [0.2, 0.25) is 0 Å². The molecular formula is C17H12ClF3N2O2. The molecular weight excluding hydrogens is 357 g/mol. The lowest BCUT2D eigenvalue weighted by molar-refractivity contribution is -0.137. The number of nitrogens with zero attached hydrogens (tertiary/aromatic N) is 1. The predicted octanol–water partition coefficient (Wildman–Crippen LogP) is 4.64. The molecule has 0 bridgehead atoms.